The maximum absolute atomic E-state index is 11.7. The molecule has 7 nitrogen and oxygen atoms in total. The summed E-state index contributed by atoms with van der Waals surface area (Å²) in [5.74, 6) is 0.396. The molecule has 9 heteroatoms. The number of nitrogens with zero attached hydrogens (tertiary/aromatic N) is 4. The number of sulfonamides is 1. The Morgan fingerprint density at radius 3 is 2.89 bits per heavy atom. The van der Waals surface area contributed by atoms with Crippen molar-refractivity contribution in [3.63, 3.8) is 0 Å². The summed E-state index contributed by atoms with van der Waals surface area (Å²) in [6, 6.07) is 1.48. The van der Waals surface area contributed by atoms with E-state index >= 15 is 0 Å². The summed E-state index contributed by atoms with van der Waals surface area (Å²) >= 11 is 5.72. The first-order valence-corrected chi connectivity index (χ1v) is 6.91. The maximum Gasteiger partial charge on any atom is 0.243 e. The summed E-state index contributed by atoms with van der Waals surface area (Å²) in [5.41, 5.74) is 0. The molecule has 2 aromatic rings. The van der Waals surface area contributed by atoms with Gasteiger partial charge >= 0.3 is 0 Å². The Labute approximate surface area is 109 Å². The minimum Gasteiger partial charge on any atom is -0.224 e. The SMILES string of the molecule is CCNS(=O)(=O)c1cnn(-c2cc(Cl)ncn2)c1. The van der Waals surface area contributed by atoms with Gasteiger partial charge in [-0.25, -0.2) is 27.8 Å². The molecular formula is C9H10ClN5O2S. The molecule has 0 saturated carbocycles. The van der Waals surface area contributed by atoms with Crippen molar-refractivity contribution in [1.29, 1.82) is 0 Å². The number of rotatable bonds is 4. The molecule has 0 aliphatic carbocycles. The number of aromatic nitrogens is 4. The molecular weight excluding hydrogens is 278 g/mol. The molecule has 0 aromatic carbocycles. The van der Waals surface area contributed by atoms with Crippen LogP contribution < -0.4 is 4.72 Å². The zero-order chi connectivity index (χ0) is 13.2. The van der Waals surface area contributed by atoms with E-state index in [1.54, 1.807) is 6.92 Å². The van der Waals surface area contributed by atoms with Gasteiger partial charge in [-0.05, 0) is 0 Å². The largest absolute Gasteiger partial charge is 0.243 e. The Balaban J connectivity index is 2.37. The molecule has 0 radical (unpaired) electrons. The number of hydrogen-bond donors (Lipinski definition) is 1. The van der Waals surface area contributed by atoms with Crippen molar-refractivity contribution in [2.75, 3.05) is 6.54 Å². The molecule has 2 rings (SSSR count). The lowest BCUT2D eigenvalue weighted by Crippen LogP contribution is -2.22. The summed E-state index contributed by atoms with van der Waals surface area (Å²) in [5, 5.41) is 4.18. The second-order valence-electron chi connectivity index (χ2n) is 3.32. The second kappa shape index (κ2) is 5.01. The van der Waals surface area contributed by atoms with Crippen molar-refractivity contribution in [2.24, 2.45) is 0 Å². The predicted octanol–water partition coefficient (Wildman–Crippen LogP) is 0.614. The summed E-state index contributed by atoms with van der Waals surface area (Å²) < 4.78 is 27.1. The van der Waals surface area contributed by atoms with Crippen molar-refractivity contribution in [1.82, 2.24) is 24.5 Å². The third-order valence-corrected chi connectivity index (χ3v) is 3.76. The van der Waals surface area contributed by atoms with E-state index in [-0.39, 0.29) is 10.0 Å². The number of halogens is 1. The molecule has 2 aromatic heterocycles. The lowest BCUT2D eigenvalue weighted by molar-refractivity contribution is 0.584. The highest BCUT2D eigenvalue weighted by Gasteiger charge is 2.15. The van der Waals surface area contributed by atoms with E-state index in [0.29, 0.717) is 12.4 Å². The third-order valence-electron chi connectivity index (χ3n) is 2.06. The van der Waals surface area contributed by atoms with Gasteiger partial charge in [-0.1, -0.05) is 18.5 Å². The van der Waals surface area contributed by atoms with Crippen LogP contribution in [0, 0.1) is 0 Å². The Kier molecular flexibility index (Phi) is 3.60. The van der Waals surface area contributed by atoms with E-state index in [1.165, 1.54) is 29.5 Å². The van der Waals surface area contributed by atoms with Gasteiger partial charge in [-0.15, -0.1) is 0 Å². The van der Waals surface area contributed by atoms with E-state index in [0.717, 1.165) is 0 Å². The summed E-state index contributed by atoms with van der Waals surface area (Å²) in [7, 11) is -3.52. The molecule has 18 heavy (non-hydrogen) atoms. The lowest BCUT2D eigenvalue weighted by Gasteiger charge is -2.00. The van der Waals surface area contributed by atoms with Crippen LogP contribution in [0.4, 0.5) is 0 Å². The molecule has 0 spiro atoms. The van der Waals surface area contributed by atoms with Crippen LogP contribution in [0.25, 0.3) is 5.82 Å². The van der Waals surface area contributed by atoms with E-state index in [4.69, 9.17) is 11.6 Å². The fraction of sp³-hybridized carbons (Fsp3) is 0.222. The van der Waals surface area contributed by atoms with Crippen LogP contribution in [0.3, 0.4) is 0 Å². The van der Waals surface area contributed by atoms with Crippen LogP contribution >= 0.6 is 11.6 Å². The summed E-state index contributed by atoms with van der Waals surface area (Å²) in [6.45, 7) is 2.01. The van der Waals surface area contributed by atoms with E-state index in [9.17, 15) is 8.42 Å². The van der Waals surface area contributed by atoms with E-state index in [2.05, 4.69) is 19.8 Å². The zero-order valence-corrected chi connectivity index (χ0v) is 11.0. The topological polar surface area (TPSA) is 89.8 Å². The zero-order valence-electron chi connectivity index (χ0n) is 9.41. The van der Waals surface area contributed by atoms with Crippen molar-refractivity contribution >= 4 is 21.6 Å². The highest BCUT2D eigenvalue weighted by molar-refractivity contribution is 7.89. The van der Waals surface area contributed by atoms with Crippen molar-refractivity contribution in [3.8, 4) is 5.82 Å². The number of hydrogen-bond acceptors (Lipinski definition) is 5. The molecule has 2 heterocycles. The first-order chi connectivity index (χ1) is 8.53. The Hall–Kier alpha value is -1.51. The van der Waals surface area contributed by atoms with Crippen LogP contribution in [0.5, 0.6) is 0 Å². The van der Waals surface area contributed by atoms with Crippen molar-refractivity contribution < 1.29 is 8.42 Å². The molecule has 0 unspecified atom stereocenters. The molecule has 0 aliphatic rings. The monoisotopic (exact) mass is 287 g/mol. The summed E-state index contributed by atoms with van der Waals surface area (Å²) in [4.78, 5) is 7.74. The average molecular weight is 288 g/mol. The average Bonchev–Trinajstić information content (AvgIpc) is 2.78. The first kappa shape index (κ1) is 12.9. The lowest BCUT2D eigenvalue weighted by atomic mass is 10.6. The van der Waals surface area contributed by atoms with Crippen LogP contribution in [0.2, 0.25) is 5.15 Å². The molecule has 0 atom stereocenters. The number of nitrogens with one attached hydrogen (secondary N) is 1. The minimum atomic E-state index is -3.52. The quantitative estimate of drug-likeness (QED) is 0.832. The second-order valence-corrected chi connectivity index (χ2v) is 5.48. The summed E-state index contributed by atoms with van der Waals surface area (Å²) in [6.07, 6.45) is 3.88. The van der Waals surface area contributed by atoms with Crippen molar-refractivity contribution in [2.45, 2.75) is 11.8 Å². The van der Waals surface area contributed by atoms with Crippen molar-refractivity contribution in [3.05, 3.63) is 29.9 Å². The fourth-order valence-electron chi connectivity index (χ4n) is 1.29. The van der Waals surface area contributed by atoms with Crippen LogP contribution in [-0.2, 0) is 10.0 Å². The normalized spacial score (nSPS) is 11.7. The molecule has 0 amide bonds. The fourth-order valence-corrected chi connectivity index (χ4v) is 2.41. The van der Waals surface area contributed by atoms with Crippen LogP contribution in [0.15, 0.2) is 29.7 Å². The van der Waals surface area contributed by atoms with Gasteiger partial charge in [0, 0.05) is 12.6 Å². The Morgan fingerprint density at radius 1 is 1.44 bits per heavy atom. The Bertz CT molecular complexity index is 654. The van der Waals surface area contributed by atoms with Gasteiger partial charge in [-0.2, -0.15) is 5.10 Å². The molecule has 0 saturated heterocycles. The standard InChI is InChI=1S/C9H10ClN5O2S/c1-2-14-18(16,17)7-4-13-15(5-7)9-3-8(10)11-6-12-9/h3-6,14H,2H2,1H3. The first-order valence-electron chi connectivity index (χ1n) is 5.05. The molecule has 1 N–H and O–H groups in total. The van der Waals surface area contributed by atoms with E-state index < -0.39 is 10.0 Å². The predicted molar refractivity (Wildman–Crippen MR) is 65.0 cm³/mol. The highest BCUT2D eigenvalue weighted by Crippen LogP contribution is 2.12. The van der Waals surface area contributed by atoms with Gasteiger partial charge in [0.2, 0.25) is 10.0 Å². The molecule has 96 valence electrons. The van der Waals surface area contributed by atoms with Gasteiger partial charge in [-0.3, -0.25) is 0 Å². The highest BCUT2D eigenvalue weighted by atomic mass is 35.5. The Morgan fingerprint density at radius 2 is 2.22 bits per heavy atom. The minimum absolute atomic E-state index is 0.0686. The smallest absolute Gasteiger partial charge is 0.224 e. The molecule has 0 bridgehead atoms. The van der Waals surface area contributed by atoms with Gasteiger partial charge in [0.25, 0.3) is 0 Å². The van der Waals surface area contributed by atoms with Crippen LogP contribution in [0.1, 0.15) is 6.92 Å². The van der Waals surface area contributed by atoms with E-state index in [1.807, 2.05) is 0 Å². The van der Waals surface area contributed by atoms with Gasteiger partial charge in [0.15, 0.2) is 5.82 Å². The van der Waals surface area contributed by atoms with Gasteiger partial charge in [0.05, 0.1) is 12.4 Å². The molecule has 0 aliphatic heterocycles. The third kappa shape index (κ3) is 2.66. The van der Waals surface area contributed by atoms with Gasteiger partial charge in [0.1, 0.15) is 16.4 Å². The molecule has 0 fully saturated rings. The van der Waals surface area contributed by atoms with Gasteiger partial charge < -0.3 is 0 Å². The maximum atomic E-state index is 11.7. The van der Waals surface area contributed by atoms with Crippen LogP contribution in [-0.4, -0.2) is 34.7 Å².